The molecule has 0 heterocycles. The minimum Gasteiger partial charge on any atom is -0.411 e. The molecule has 0 unspecified atom stereocenters. The van der Waals surface area contributed by atoms with Crippen molar-refractivity contribution in [2.45, 2.75) is 65.2 Å². The number of hydrogen-bond donors (Lipinski definition) is 1. The van der Waals surface area contributed by atoms with Gasteiger partial charge in [-0.25, -0.2) is 0 Å². The van der Waals surface area contributed by atoms with Crippen molar-refractivity contribution in [3.63, 3.8) is 0 Å². The maximum Gasteiger partial charge on any atom is 0.0876 e. The van der Waals surface area contributed by atoms with Crippen LogP contribution in [0.2, 0.25) is 0 Å². The fourth-order valence-electron chi connectivity index (χ4n) is 3.05. The average Bonchev–Trinajstić information content (AvgIpc) is 2.94. The maximum atomic E-state index is 9.27. The van der Waals surface area contributed by atoms with E-state index in [0.717, 1.165) is 31.4 Å². The Hall–Kier alpha value is -1.57. The minimum absolute atomic E-state index is 0.863. The molecule has 0 bridgehead atoms. The van der Waals surface area contributed by atoms with Crippen LogP contribution in [0.4, 0.5) is 0 Å². The topological polar surface area (TPSA) is 32.6 Å². The molecule has 0 aromatic heterocycles. The number of allylic oxidation sites excluding steroid dienone is 2. The third-order valence-corrected chi connectivity index (χ3v) is 4.32. The van der Waals surface area contributed by atoms with Crippen LogP contribution in [0.25, 0.3) is 5.57 Å². The van der Waals surface area contributed by atoms with Crippen molar-refractivity contribution in [1.29, 1.82) is 0 Å². The summed E-state index contributed by atoms with van der Waals surface area (Å²) in [6.45, 7) is 4.44. The highest BCUT2D eigenvalue weighted by atomic mass is 16.4. The summed E-state index contributed by atoms with van der Waals surface area (Å²) in [6, 6.07) is 8.84. The van der Waals surface area contributed by atoms with E-state index >= 15 is 0 Å². The summed E-state index contributed by atoms with van der Waals surface area (Å²) in [5, 5.41) is 12.8. The van der Waals surface area contributed by atoms with E-state index in [2.05, 4.69) is 43.3 Å². The molecular weight excluding hydrogens is 258 g/mol. The first-order valence-electron chi connectivity index (χ1n) is 8.32. The van der Waals surface area contributed by atoms with Gasteiger partial charge in [0.25, 0.3) is 0 Å². The molecule has 21 heavy (non-hydrogen) atoms. The van der Waals surface area contributed by atoms with Crippen LogP contribution in [0, 0.1) is 0 Å². The molecule has 0 radical (unpaired) electrons. The van der Waals surface area contributed by atoms with E-state index in [1.54, 1.807) is 0 Å². The highest BCUT2D eigenvalue weighted by molar-refractivity contribution is 6.26. The second-order valence-electron chi connectivity index (χ2n) is 5.93. The van der Waals surface area contributed by atoms with Crippen molar-refractivity contribution < 1.29 is 5.21 Å². The van der Waals surface area contributed by atoms with Gasteiger partial charge in [0.1, 0.15) is 0 Å². The summed E-state index contributed by atoms with van der Waals surface area (Å²) in [4.78, 5) is 0. The minimum atomic E-state index is 0.863. The number of nitrogens with zero attached hydrogens (tertiary/aromatic N) is 1. The smallest absolute Gasteiger partial charge is 0.0876 e. The quantitative estimate of drug-likeness (QED) is 0.513. The van der Waals surface area contributed by atoms with Gasteiger partial charge in [-0.1, -0.05) is 61.7 Å². The summed E-state index contributed by atoms with van der Waals surface area (Å²) in [6.07, 6.45) is 9.10. The van der Waals surface area contributed by atoms with E-state index in [4.69, 9.17) is 0 Å². The third-order valence-electron chi connectivity index (χ3n) is 4.32. The van der Waals surface area contributed by atoms with E-state index in [9.17, 15) is 5.21 Å². The number of unbranched alkanes of at least 4 members (excludes halogenated alkanes) is 2. The summed E-state index contributed by atoms with van der Waals surface area (Å²) < 4.78 is 0. The summed E-state index contributed by atoms with van der Waals surface area (Å²) in [5.41, 5.74) is 6.14. The lowest BCUT2D eigenvalue weighted by atomic mass is 9.96. The van der Waals surface area contributed by atoms with Crippen LogP contribution >= 0.6 is 0 Å². The molecule has 1 aliphatic carbocycles. The molecule has 0 spiro atoms. The summed E-state index contributed by atoms with van der Waals surface area (Å²) in [7, 11) is 0. The maximum absolute atomic E-state index is 9.27. The second kappa shape index (κ2) is 8.02. The highest BCUT2D eigenvalue weighted by Crippen LogP contribution is 2.35. The third kappa shape index (κ3) is 3.96. The zero-order chi connectivity index (χ0) is 15.1. The first kappa shape index (κ1) is 15.8. The molecule has 1 aromatic rings. The van der Waals surface area contributed by atoms with Crippen LogP contribution < -0.4 is 0 Å². The van der Waals surface area contributed by atoms with Crippen LogP contribution in [-0.4, -0.2) is 10.9 Å². The van der Waals surface area contributed by atoms with Crippen LogP contribution in [-0.2, 0) is 6.42 Å². The molecule has 2 nitrogen and oxygen atoms in total. The molecule has 0 fully saturated rings. The average molecular weight is 285 g/mol. The van der Waals surface area contributed by atoms with E-state index in [1.165, 1.54) is 48.0 Å². The van der Waals surface area contributed by atoms with Crippen molar-refractivity contribution in [3.8, 4) is 0 Å². The Morgan fingerprint density at radius 3 is 2.24 bits per heavy atom. The van der Waals surface area contributed by atoms with Gasteiger partial charge < -0.3 is 5.21 Å². The Balaban J connectivity index is 2.23. The van der Waals surface area contributed by atoms with E-state index < -0.39 is 0 Å². The van der Waals surface area contributed by atoms with Gasteiger partial charge in [-0.3, -0.25) is 0 Å². The summed E-state index contributed by atoms with van der Waals surface area (Å²) >= 11 is 0. The molecule has 0 amide bonds. The molecule has 1 aliphatic rings. The zero-order valence-corrected chi connectivity index (χ0v) is 13.4. The van der Waals surface area contributed by atoms with Gasteiger partial charge >= 0.3 is 0 Å². The highest BCUT2D eigenvalue weighted by Gasteiger charge is 2.22. The van der Waals surface area contributed by atoms with Gasteiger partial charge in [-0.05, 0) is 49.7 Å². The van der Waals surface area contributed by atoms with Gasteiger partial charge in [0, 0.05) is 5.57 Å². The fraction of sp³-hybridized carbons (Fsp3) is 0.526. The van der Waals surface area contributed by atoms with Gasteiger partial charge in [-0.2, -0.15) is 0 Å². The summed E-state index contributed by atoms with van der Waals surface area (Å²) in [5.74, 6) is 0. The van der Waals surface area contributed by atoms with Gasteiger partial charge in [0.15, 0.2) is 0 Å². The van der Waals surface area contributed by atoms with Crippen molar-refractivity contribution in [2.24, 2.45) is 5.16 Å². The van der Waals surface area contributed by atoms with Crippen LogP contribution in [0.3, 0.4) is 0 Å². The molecule has 0 saturated heterocycles. The molecule has 2 heteroatoms. The SMILES string of the molecule is CCCCC1=C(c2ccc(CCCC)cc2)C(=NO)CC1. The van der Waals surface area contributed by atoms with Crippen molar-refractivity contribution in [1.82, 2.24) is 0 Å². The Morgan fingerprint density at radius 1 is 0.952 bits per heavy atom. The Kier molecular flexibility index (Phi) is 6.04. The normalized spacial score (nSPS) is 17.0. The lowest BCUT2D eigenvalue weighted by Crippen LogP contribution is -1.98. The Morgan fingerprint density at radius 2 is 1.62 bits per heavy atom. The predicted octanol–water partition coefficient (Wildman–Crippen LogP) is 5.60. The standard InChI is InChI=1S/C19H27NO/c1-3-5-7-15-9-11-17(12-10-15)19-16(8-6-4-2)13-14-18(19)20-21/h9-12,21H,3-8,13-14H2,1-2H3. The number of oxime groups is 1. The number of benzene rings is 1. The van der Waals surface area contributed by atoms with Gasteiger partial charge in [0.05, 0.1) is 5.71 Å². The van der Waals surface area contributed by atoms with E-state index in [0.29, 0.717) is 0 Å². The number of aryl methyl sites for hydroxylation is 1. The Bertz CT molecular complexity index is 511. The van der Waals surface area contributed by atoms with Crippen LogP contribution in [0.1, 0.15) is 69.9 Å². The lowest BCUT2D eigenvalue weighted by Gasteiger charge is -2.09. The predicted molar refractivity (Wildman–Crippen MR) is 90.0 cm³/mol. The van der Waals surface area contributed by atoms with Crippen molar-refractivity contribution in [3.05, 3.63) is 41.0 Å². The lowest BCUT2D eigenvalue weighted by molar-refractivity contribution is 0.319. The largest absolute Gasteiger partial charge is 0.411 e. The van der Waals surface area contributed by atoms with E-state index in [-0.39, 0.29) is 0 Å². The molecule has 1 aromatic carbocycles. The van der Waals surface area contributed by atoms with E-state index in [1.807, 2.05) is 0 Å². The monoisotopic (exact) mass is 285 g/mol. The first-order chi connectivity index (χ1) is 10.3. The Labute approximate surface area is 128 Å². The number of hydrogen-bond acceptors (Lipinski definition) is 2. The molecule has 114 valence electrons. The van der Waals surface area contributed by atoms with Crippen molar-refractivity contribution >= 4 is 11.3 Å². The number of rotatable bonds is 7. The molecule has 0 saturated carbocycles. The molecule has 0 aliphatic heterocycles. The van der Waals surface area contributed by atoms with Crippen LogP contribution in [0.5, 0.6) is 0 Å². The van der Waals surface area contributed by atoms with Crippen molar-refractivity contribution in [2.75, 3.05) is 0 Å². The molecular formula is C19H27NO. The second-order valence-corrected chi connectivity index (χ2v) is 5.93. The fourth-order valence-corrected chi connectivity index (χ4v) is 3.05. The zero-order valence-electron chi connectivity index (χ0n) is 13.4. The molecule has 1 N–H and O–H groups in total. The molecule has 0 atom stereocenters. The molecule has 2 rings (SSSR count). The van der Waals surface area contributed by atoms with Crippen LogP contribution in [0.15, 0.2) is 35.0 Å². The van der Waals surface area contributed by atoms with Gasteiger partial charge in [-0.15, -0.1) is 0 Å². The first-order valence-corrected chi connectivity index (χ1v) is 8.32. The van der Waals surface area contributed by atoms with Gasteiger partial charge in [0.2, 0.25) is 0 Å².